The molecule has 0 amide bonds. The van der Waals surface area contributed by atoms with Crippen LogP contribution in [0.25, 0.3) is 93.9 Å². The van der Waals surface area contributed by atoms with Crippen LogP contribution in [0.15, 0.2) is 267 Å². The topological polar surface area (TPSA) is 8.17 Å². The maximum Gasteiger partial charge on any atom is 0.0541 e. The molecule has 0 saturated carbocycles. The number of anilines is 3. The van der Waals surface area contributed by atoms with Crippen LogP contribution in [-0.2, 0) is 0 Å². The van der Waals surface area contributed by atoms with Crippen LogP contribution in [0.3, 0.4) is 0 Å². The lowest BCUT2D eigenvalue weighted by Gasteiger charge is -2.26. The standard InChI is InChI=1S/C64H44N2/c1-4-15-45(16-5-1)48-31-36-54(37-32-48)65(53-20-8-3-9-21-53)55-38-33-49(34-39-55)47-27-29-50(30-28-47)57-40-41-58(60-24-11-10-23-59(57)60)52-35-42-64-62(44-52)61-25-12-13-26-63(61)66(64)56-22-14-19-51(43-56)46-17-6-2-7-18-46/h1-44H. The van der Waals surface area contributed by atoms with Crippen LogP contribution in [-0.4, -0.2) is 4.57 Å². The molecule has 1 heterocycles. The molecule has 0 spiro atoms. The molecule has 12 rings (SSSR count). The van der Waals surface area contributed by atoms with E-state index in [1.165, 1.54) is 88.2 Å². The van der Waals surface area contributed by atoms with Crippen molar-refractivity contribution in [1.82, 2.24) is 4.57 Å². The highest BCUT2D eigenvalue weighted by Gasteiger charge is 2.17. The first-order valence-corrected chi connectivity index (χ1v) is 22.7. The fourth-order valence-electron chi connectivity index (χ4n) is 9.78. The lowest BCUT2D eigenvalue weighted by molar-refractivity contribution is 1.18. The van der Waals surface area contributed by atoms with Crippen molar-refractivity contribution in [3.05, 3.63) is 267 Å². The van der Waals surface area contributed by atoms with Crippen molar-refractivity contribution in [2.24, 2.45) is 0 Å². The number of hydrogen-bond acceptors (Lipinski definition) is 1. The van der Waals surface area contributed by atoms with Crippen LogP contribution in [0.2, 0.25) is 0 Å². The Kier molecular flexibility index (Phi) is 9.89. The van der Waals surface area contributed by atoms with Gasteiger partial charge >= 0.3 is 0 Å². The Labute approximate surface area is 385 Å². The van der Waals surface area contributed by atoms with Gasteiger partial charge < -0.3 is 9.47 Å². The second kappa shape index (κ2) is 16.8. The van der Waals surface area contributed by atoms with E-state index in [-0.39, 0.29) is 0 Å². The number of nitrogens with zero attached hydrogens (tertiary/aromatic N) is 2. The van der Waals surface area contributed by atoms with Gasteiger partial charge in [-0.1, -0.05) is 200 Å². The number of rotatable bonds is 9. The van der Waals surface area contributed by atoms with Gasteiger partial charge in [-0.25, -0.2) is 0 Å². The quantitative estimate of drug-likeness (QED) is 0.141. The molecule has 0 atom stereocenters. The molecule has 0 fully saturated rings. The first-order chi connectivity index (χ1) is 32.7. The van der Waals surface area contributed by atoms with Crippen LogP contribution in [0.1, 0.15) is 0 Å². The minimum absolute atomic E-state index is 1.11. The van der Waals surface area contributed by atoms with Gasteiger partial charge in [0, 0.05) is 33.5 Å². The Morgan fingerprint density at radius 2 is 0.636 bits per heavy atom. The van der Waals surface area contributed by atoms with Gasteiger partial charge in [-0.15, -0.1) is 0 Å². The number of hydrogen-bond donors (Lipinski definition) is 0. The molecule has 0 aliphatic rings. The largest absolute Gasteiger partial charge is 0.311 e. The van der Waals surface area contributed by atoms with E-state index in [0.29, 0.717) is 0 Å². The molecule has 11 aromatic carbocycles. The minimum Gasteiger partial charge on any atom is -0.311 e. The Hall–Kier alpha value is -8.72. The van der Waals surface area contributed by atoms with Crippen molar-refractivity contribution < 1.29 is 0 Å². The predicted octanol–water partition coefficient (Wildman–Crippen LogP) is 17.7. The first-order valence-electron chi connectivity index (χ1n) is 22.7. The van der Waals surface area contributed by atoms with Crippen molar-refractivity contribution in [3.8, 4) is 61.3 Å². The summed E-state index contributed by atoms with van der Waals surface area (Å²) >= 11 is 0. The van der Waals surface area contributed by atoms with Gasteiger partial charge in [0.2, 0.25) is 0 Å². The first kappa shape index (κ1) is 38.9. The summed E-state index contributed by atoms with van der Waals surface area (Å²) in [6.07, 6.45) is 0. The van der Waals surface area contributed by atoms with Crippen molar-refractivity contribution >= 4 is 49.6 Å². The Morgan fingerprint density at radius 3 is 1.24 bits per heavy atom. The van der Waals surface area contributed by atoms with Gasteiger partial charge in [0.25, 0.3) is 0 Å². The number of benzene rings is 11. The molecular weight excluding hydrogens is 797 g/mol. The van der Waals surface area contributed by atoms with Crippen LogP contribution < -0.4 is 4.90 Å². The second-order valence-corrected chi connectivity index (χ2v) is 16.9. The van der Waals surface area contributed by atoms with E-state index < -0.39 is 0 Å². The number of fused-ring (bicyclic) bond motifs is 4. The van der Waals surface area contributed by atoms with Crippen LogP contribution >= 0.6 is 0 Å². The lowest BCUT2D eigenvalue weighted by atomic mass is 9.91. The highest BCUT2D eigenvalue weighted by Crippen LogP contribution is 2.41. The monoisotopic (exact) mass is 840 g/mol. The fraction of sp³-hybridized carbons (Fsp3) is 0. The molecule has 1 aromatic heterocycles. The summed E-state index contributed by atoms with van der Waals surface area (Å²) in [7, 11) is 0. The summed E-state index contributed by atoms with van der Waals surface area (Å²) in [6, 6.07) is 96.7. The lowest BCUT2D eigenvalue weighted by Crippen LogP contribution is -2.09. The van der Waals surface area contributed by atoms with Crippen molar-refractivity contribution in [1.29, 1.82) is 0 Å². The van der Waals surface area contributed by atoms with Gasteiger partial charge in [0.05, 0.1) is 11.0 Å². The maximum atomic E-state index is 2.41. The SMILES string of the molecule is c1ccc(-c2ccc(N(c3ccccc3)c3ccc(-c4ccc(-c5ccc(-c6ccc7c(c6)c6ccccc6n7-c6cccc(-c7ccccc7)c6)c6ccccc56)cc4)cc3)cc2)cc1. The van der Waals surface area contributed by atoms with E-state index in [1.54, 1.807) is 0 Å². The summed E-state index contributed by atoms with van der Waals surface area (Å²) in [5.74, 6) is 0. The van der Waals surface area contributed by atoms with Gasteiger partial charge in [-0.2, -0.15) is 0 Å². The maximum absolute atomic E-state index is 2.41. The molecule has 2 nitrogen and oxygen atoms in total. The van der Waals surface area contributed by atoms with Crippen LogP contribution in [0, 0.1) is 0 Å². The third kappa shape index (κ3) is 7.12. The highest BCUT2D eigenvalue weighted by molar-refractivity contribution is 6.12. The molecule has 0 aliphatic heterocycles. The average molecular weight is 841 g/mol. The summed E-state index contributed by atoms with van der Waals surface area (Å²) in [6.45, 7) is 0. The van der Waals surface area contributed by atoms with Gasteiger partial charge in [0.15, 0.2) is 0 Å². The van der Waals surface area contributed by atoms with Gasteiger partial charge in [-0.3, -0.25) is 0 Å². The third-order valence-corrected chi connectivity index (χ3v) is 13.0. The van der Waals surface area contributed by atoms with Crippen molar-refractivity contribution in [3.63, 3.8) is 0 Å². The molecule has 0 N–H and O–H groups in total. The summed E-state index contributed by atoms with van der Waals surface area (Å²) < 4.78 is 2.41. The Morgan fingerprint density at radius 1 is 0.227 bits per heavy atom. The molecule has 0 saturated heterocycles. The van der Waals surface area contributed by atoms with E-state index >= 15 is 0 Å². The summed E-state index contributed by atoms with van der Waals surface area (Å²) in [4.78, 5) is 2.32. The summed E-state index contributed by atoms with van der Waals surface area (Å²) in [5.41, 5.74) is 19.0. The zero-order valence-corrected chi connectivity index (χ0v) is 36.3. The number of para-hydroxylation sites is 2. The average Bonchev–Trinajstić information content (AvgIpc) is 3.73. The van der Waals surface area contributed by atoms with E-state index in [1.807, 2.05) is 0 Å². The smallest absolute Gasteiger partial charge is 0.0541 e. The highest BCUT2D eigenvalue weighted by atomic mass is 15.1. The van der Waals surface area contributed by atoms with Crippen molar-refractivity contribution in [2.75, 3.05) is 4.90 Å². The van der Waals surface area contributed by atoms with E-state index in [4.69, 9.17) is 0 Å². The van der Waals surface area contributed by atoms with E-state index in [9.17, 15) is 0 Å². The van der Waals surface area contributed by atoms with Crippen LogP contribution in [0.4, 0.5) is 17.1 Å². The number of aromatic nitrogens is 1. The fourth-order valence-corrected chi connectivity index (χ4v) is 9.78. The zero-order valence-electron chi connectivity index (χ0n) is 36.3. The molecular formula is C64H44N2. The predicted molar refractivity (Wildman–Crippen MR) is 280 cm³/mol. The molecule has 0 aliphatic carbocycles. The zero-order chi connectivity index (χ0) is 43.8. The second-order valence-electron chi connectivity index (χ2n) is 16.9. The minimum atomic E-state index is 1.11. The molecule has 310 valence electrons. The van der Waals surface area contributed by atoms with Gasteiger partial charge in [-0.05, 0) is 133 Å². The normalized spacial score (nSPS) is 11.3. The van der Waals surface area contributed by atoms with E-state index in [2.05, 4.69) is 276 Å². The van der Waals surface area contributed by atoms with Gasteiger partial charge in [0.1, 0.15) is 0 Å². The molecule has 0 bridgehead atoms. The Bertz CT molecular complexity index is 3650. The van der Waals surface area contributed by atoms with Crippen LogP contribution in [0.5, 0.6) is 0 Å². The summed E-state index contributed by atoms with van der Waals surface area (Å²) in [5, 5.41) is 4.98. The molecule has 12 aromatic rings. The van der Waals surface area contributed by atoms with E-state index in [0.717, 1.165) is 22.7 Å². The Balaban J connectivity index is 0.852. The molecule has 66 heavy (non-hydrogen) atoms. The van der Waals surface area contributed by atoms with Crippen molar-refractivity contribution in [2.45, 2.75) is 0 Å². The molecule has 0 radical (unpaired) electrons. The molecule has 2 heteroatoms. The molecule has 0 unspecified atom stereocenters. The third-order valence-electron chi connectivity index (χ3n) is 13.0.